The van der Waals surface area contributed by atoms with Crippen LogP contribution in [0.5, 0.6) is 5.88 Å². The highest BCUT2D eigenvalue weighted by Gasteiger charge is 2.33. The zero-order chi connectivity index (χ0) is 20.7. The molecule has 0 unspecified atom stereocenters. The average Bonchev–Trinajstić information content (AvgIpc) is 3.28. The number of thiazole rings is 1. The van der Waals surface area contributed by atoms with Crippen molar-refractivity contribution in [2.75, 3.05) is 31.1 Å². The summed E-state index contributed by atoms with van der Waals surface area (Å²) in [5.74, 6) is 0.360. The second-order valence-corrected chi connectivity index (χ2v) is 8.44. The third-order valence-corrected chi connectivity index (χ3v) is 6.63. The lowest BCUT2D eigenvalue weighted by Gasteiger charge is -2.40. The number of rotatable bonds is 4. The van der Waals surface area contributed by atoms with Crippen molar-refractivity contribution in [1.29, 1.82) is 0 Å². The first-order chi connectivity index (χ1) is 14.6. The van der Waals surface area contributed by atoms with Crippen molar-refractivity contribution in [2.45, 2.75) is 13.0 Å². The van der Waals surface area contributed by atoms with Crippen LogP contribution >= 0.6 is 11.3 Å². The van der Waals surface area contributed by atoms with Crippen LogP contribution in [0.3, 0.4) is 0 Å². The maximum Gasteiger partial charge on any atom is 0.230 e. The van der Waals surface area contributed by atoms with Gasteiger partial charge in [0.25, 0.3) is 0 Å². The van der Waals surface area contributed by atoms with E-state index in [1.165, 1.54) is 27.6 Å². The van der Waals surface area contributed by atoms with Crippen molar-refractivity contribution < 1.29 is 9.50 Å². The predicted molar refractivity (Wildman–Crippen MR) is 116 cm³/mol. The van der Waals surface area contributed by atoms with Crippen molar-refractivity contribution in [2.24, 2.45) is 0 Å². The van der Waals surface area contributed by atoms with Gasteiger partial charge in [0.15, 0.2) is 0 Å². The molecule has 0 radical (unpaired) electrons. The van der Waals surface area contributed by atoms with Gasteiger partial charge in [-0.1, -0.05) is 47.7 Å². The molecule has 8 heteroatoms. The molecule has 1 N–H and O–H groups in total. The van der Waals surface area contributed by atoms with Gasteiger partial charge in [0.05, 0.1) is 10.9 Å². The number of aryl methyl sites for hydroxylation is 1. The highest BCUT2D eigenvalue weighted by atomic mass is 32.1. The summed E-state index contributed by atoms with van der Waals surface area (Å²) >= 11 is 1.36. The Balaban J connectivity index is 1.50. The molecule has 0 amide bonds. The summed E-state index contributed by atoms with van der Waals surface area (Å²) in [4.78, 5) is 10.2. The van der Waals surface area contributed by atoms with E-state index in [1.54, 1.807) is 19.1 Å². The molecule has 1 saturated heterocycles. The number of para-hydroxylation sites is 1. The van der Waals surface area contributed by atoms with E-state index < -0.39 is 6.04 Å². The molecule has 0 aliphatic carbocycles. The van der Waals surface area contributed by atoms with Gasteiger partial charge in [-0.15, -0.1) is 5.10 Å². The van der Waals surface area contributed by atoms with Crippen molar-refractivity contribution in [3.63, 3.8) is 0 Å². The first-order valence-corrected chi connectivity index (χ1v) is 10.8. The third kappa shape index (κ3) is 3.32. The van der Waals surface area contributed by atoms with Gasteiger partial charge in [0, 0.05) is 37.4 Å². The fraction of sp³-hybridized carbons (Fsp3) is 0.273. The number of piperazine rings is 1. The van der Waals surface area contributed by atoms with E-state index in [2.05, 4.69) is 32.0 Å². The Labute approximate surface area is 177 Å². The minimum absolute atomic E-state index is 0.0364. The fourth-order valence-corrected chi connectivity index (χ4v) is 5.26. The molecule has 0 saturated carbocycles. The lowest BCUT2D eigenvalue weighted by Crippen LogP contribution is -2.48. The molecule has 1 fully saturated rings. The van der Waals surface area contributed by atoms with Crippen molar-refractivity contribution in [1.82, 2.24) is 19.5 Å². The molecule has 5 rings (SSSR count). The minimum atomic E-state index is -0.391. The van der Waals surface area contributed by atoms with E-state index in [4.69, 9.17) is 0 Å². The number of benzene rings is 2. The van der Waals surface area contributed by atoms with E-state index in [1.807, 2.05) is 24.3 Å². The van der Waals surface area contributed by atoms with Crippen LogP contribution in [0, 0.1) is 12.7 Å². The van der Waals surface area contributed by atoms with Crippen molar-refractivity contribution in [3.05, 3.63) is 76.7 Å². The molecule has 2 aromatic carbocycles. The molecular weight excluding hydrogens is 401 g/mol. The van der Waals surface area contributed by atoms with E-state index in [0.717, 1.165) is 26.2 Å². The number of hydrogen-bond donors (Lipinski definition) is 1. The van der Waals surface area contributed by atoms with E-state index in [0.29, 0.717) is 21.2 Å². The van der Waals surface area contributed by atoms with Gasteiger partial charge in [-0.3, -0.25) is 4.90 Å². The van der Waals surface area contributed by atoms with Crippen LogP contribution in [0.1, 0.15) is 22.3 Å². The topological polar surface area (TPSA) is 56.9 Å². The van der Waals surface area contributed by atoms with Crippen LogP contribution < -0.4 is 4.90 Å². The summed E-state index contributed by atoms with van der Waals surface area (Å²) in [6.07, 6.45) is 0. The van der Waals surface area contributed by atoms with Gasteiger partial charge in [0.1, 0.15) is 11.6 Å². The van der Waals surface area contributed by atoms with E-state index in [-0.39, 0.29) is 11.7 Å². The molecule has 4 aromatic rings. The van der Waals surface area contributed by atoms with Crippen LogP contribution in [-0.2, 0) is 0 Å². The van der Waals surface area contributed by atoms with Gasteiger partial charge in [-0.2, -0.15) is 4.52 Å². The van der Waals surface area contributed by atoms with Crippen molar-refractivity contribution in [3.8, 4) is 5.88 Å². The number of nitrogens with zero attached hydrogens (tertiary/aromatic N) is 5. The molecule has 3 heterocycles. The van der Waals surface area contributed by atoms with Gasteiger partial charge in [0.2, 0.25) is 10.8 Å². The van der Waals surface area contributed by atoms with Gasteiger partial charge in [-0.25, -0.2) is 9.37 Å². The molecule has 1 aliphatic rings. The van der Waals surface area contributed by atoms with Gasteiger partial charge >= 0.3 is 0 Å². The van der Waals surface area contributed by atoms with Crippen LogP contribution in [0.4, 0.5) is 10.1 Å². The summed E-state index contributed by atoms with van der Waals surface area (Å²) in [5.41, 5.74) is 1.75. The summed E-state index contributed by atoms with van der Waals surface area (Å²) < 4.78 is 16.3. The van der Waals surface area contributed by atoms with Crippen LogP contribution in [0.25, 0.3) is 4.96 Å². The Hall–Kier alpha value is -2.97. The summed E-state index contributed by atoms with van der Waals surface area (Å²) in [6, 6.07) is 16.7. The lowest BCUT2D eigenvalue weighted by molar-refractivity contribution is 0.208. The smallest absolute Gasteiger partial charge is 0.230 e. The number of anilines is 1. The number of aromatic hydroxyl groups is 1. The largest absolute Gasteiger partial charge is 0.492 e. The number of aromatic nitrogens is 3. The number of hydrogen-bond acceptors (Lipinski definition) is 6. The third-order valence-electron chi connectivity index (χ3n) is 5.55. The number of halogens is 1. The highest BCUT2D eigenvalue weighted by Crippen LogP contribution is 2.41. The Morgan fingerprint density at radius 2 is 1.70 bits per heavy atom. The van der Waals surface area contributed by atoms with Gasteiger partial charge in [-0.05, 0) is 25.1 Å². The number of fused-ring (bicyclic) bond motifs is 1. The first kappa shape index (κ1) is 19.0. The Kier molecular flexibility index (Phi) is 4.88. The predicted octanol–water partition coefficient (Wildman–Crippen LogP) is 3.86. The van der Waals surface area contributed by atoms with Crippen molar-refractivity contribution >= 4 is 22.0 Å². The van der Waals surface area contributed by atoms with Crippen LogP contribution in [-0.4, -0.2) is 50.8 Å². The molecule has 154 valence electrons. The molecule has 0 spiro atoms. The Morgan fingerprint density at radius 3 is 2.40 bits per heavy atom. The maximum absolute atomic E-state index is 14.8. The maximum atomic E-state index is 14.8. The molecule has 0 bridgehead atoms. The Bertz CT molecular complexity index is 1170. The van der Waals surface area contributed by atoms with E-state index in [9.17, 15) is 9.50 Å². The zero-order valence-electron chi connectivity index (χ0n) is 16.6. The first-order valence-electron chi connectivity index (χ1n) is 9.95. The Morgan fingerprint density at radius 1 is 1.00 bits per heavy atom. The van der Waals surface area contributed by atoms with Crippen LogP contribution in [0.15, 0.2) is 54.6 Å². The lowest BCUT2D eigenvalue weighted by atomic mass is 10.0. The SMILES string of the molecule is Cc1nc2sc([C@@H](c3ccccc3F)N3CCN(c4ccccc4)CC3)c(O)n2n1. The van der Waals surface area contributed by atoms with E-state index >= 15 is 0 Å². The molecular formula is C22H22FN5OS. The highest BCUT2D eigenvalue weighted by molar-refractivity contribution is 7.17. The normalized spacial score (nSPS) is 16.3. The minimum Gasteiger partial charge on any atom is -0.492 e. The van der Waals surface area contributed by atoms with Crippen LogP contribution in [0.2, 0.25) is 0 Å². The quantitative estimate of drug-likeness (QED) is 0.540. The standard InChI is InChI=1S/C22H22FN5OS/c1-15-24-22-28(25-15)21(29)20(30-22)19(17-9-5-6-10-18(17)23)27-13-11-26(12-14-27)16-7-3-2-4-8-16/h2-10,19,29H,11-14H2,1H3/t19-/m1/s1. The molecule has 30 heavy (non-hydrogen) atoms. The molecule has 2 aromatic heterocycles. The molecule has 1 atom stereocenters. The summed E-state index contributed by atoms with van der Waals surface area (Å²) in [6.45, 7) is 4.95. The second-order valence-electron chi connectivity index (χ2n) is 7.43. The summed E-state index contributed by atoms with van der Waals surface area (Å²) in [5, 5.41) is 15.2. The second kappa shape index (κ2) is 7.70. The zero-order valence-corrected chi connectivity index (χ0v) is 17.4. The summed E-state index contributed by atoms with van der Waals surface area (Å²) in [7, 11) is 0. The monoisotopic (exact) mass is 423 g/mol. The molecule has 6 nitrogen and oxygen atoms in total. The van der Waals surface area contributed by atoms with Gasteiger partial charge < -0.3 is 10.0 Å². The average molecular weight is 424 g/mol. The fourth-order valence-electron chi connectivity index (χ4n) is 4.10. The molecule has 1 aliphatic heterocycles.